The summed E-state index contributed by atoms with van der Waals surface area (Å²) in [5.74, 6) is -1.41. The fourth-order valence-electron chi connectivity index (χ4n) is 3.35. The first-order chi connectivity index (χ1) is 13.8. The lowest BCUT2D eigenvalue weighted by Gasteiger charge is -2.32. The number of anilines is 1. The van der Waals surface area contributed by atoms with Gasteiger partial charge in [0.25, 0.3) is 0 Å². The Morgan fingerprint density at radius 3 is 2.52 bits per heavy atom. The monoisotopic (exact) mass is 406 g/mol. The van der Waals surface area contributed by atoms with Crippen molar-refractivity contribution in [1.82, 2.24) is 4.90 Å². The molecule has 0 aromatic heterocycles. The third kappa shape index (κ3) is 4.88. The molecule has 1 fully saturated rings. The highest BCUT2D eigenvalue weighted by molar-refractivity contribution is 6.07. The molecular formula is C21H21F3N2O3. The van der Waals surface area contributed by atoms with Crippen LogP contribution in [0.5, 0.6) is 5.75 Å². The van der Waals surface area contributed by atoms with Crippen LogP contribution in [-0.2, 0) is 22.3 Å². The van der Waals surface area contributed by atoms with Crippen LogP contribution in [-0.4, -0.2) is 30.4 Å². The van der Waals surface area contributed by atoms with Gasteiger partial charge in [0.15, 0.2) is 0 Å². The molecular weight excluding hydrogens is 385 g/mol. The predicted molar refractivity (Wildman–Crippen MR) is 101 cm³/mol. The maximum absolute atomic E-state index is 13.1. The van der Waals surface area contributed by atoms with Gasteiger partial charge in [-0.1, -0.05) is 24.3 Å². The molecule has 1 saturated heterocycles. The molecule has 3 rings (SSSR count). The van der Waals surface area contributed by atoms with E-state index in [4.69, 9.17) is 4.74 Å². The van der Waals surface area contributed by atoms with Crippen molar-refractivity contribution in [2.45, 2.75) is 25.6 Å². The Hall–Kier alpha value is -3.03. The van der Waals surface area contributed by atoms with E-state index in [-0.39, 0.29) is 11.6 Å². The van der Waals surface area contributed by atoms with Crippen LogP contribution in [0.15, 0.2) is 48.5 Å². The summed E-state index contributed by atoms with van der Waals surface area (Å²) < 4.78 is 44.5. The molecule has 2 aromatic carbocycles. The van der Waals surface area contributed by atoms with Gasteiger partial charge < -0.3 is 15.0 Å². The molecule has 0 aliphatic carbocycles. The summed E-state index contributed by atoms with van der Waals surface area (Å²) >= 11 is 0. The summed E-state index contributed by atoms with van der Waals surface area (Å²) in [5, 5.41) is 2.29. The number of ether oxygens (including phenoxy) is 1. The van der Waals surface area contributed by atoms with E-state index in [1.54, 1.807) is 24.1 Å². The van der Waals surface area contributed by atoms with Crippen molar-refractivity contribution in [2.24, 2.45) is 5.92 Å². The van der Waals surface area contributed by atoms with Gasteiger partial charge in [0.05, 0.1) is 18.4 Å². The van der Waals surface area contributed by atoms with Crippen LogP contribution in [0.2, 0.25) is 0 Å². The molecule has 2 aromatic rings. The highest BCUT2D eigenvalue weighted by Gasteiger charge is 2.37. The number of carbonyl (C=O) groups excluding carboxylic acids is 2. The van der Waals surface area contributed by atoms with E-state index >= 15 is 0 Å². The normalized spacial score (nSPS) is 17.2. The second kappa shape index (κ2) is 8.55. The molecule has 154 valence electrons. The number of halogens is 3. The topological polar surface area (TPSA) is 58.6 Å². The number of methoxy groups -OCH3 is 1. The standard InChI is InChI=1S/C21H21F3N2O3/c1-29-15-10-8-14(9-11-15)13-26-12-4-5-16(20(26)28)19(27)25-18-7-3-2-6-17(18)21(22,23)24/h2-3,6-11,16H,4-5,12-13H2,1H3,(H,25,27). The summed E-state index contributed by atoms with van der Waals surface area (Å²) in [6.45, 7) is 0.819. The number of benzene rings is 2. The Bertz CT molecular complexity index is 881. The SMILES string of the molecule is COc1ccc(CN2CCCC(C(=O)Nc3ccccc3C(F)(F)F)C2=O)cc1. The van der Waals surface area contributed by atoms with E-state index < -0.39 is 23.6 Å². The average molecular weight is 406 g/mol. The van der Waals surface area contributed by atoms with Crippen molar-refractivity contribution < 1.29 is 27.5 Å². The fraction of sp³-hybridized carbons (Fsp3) is 0.333. The molecule has 1 aliphatic heterocycles. The Balaban J connectivity index is 1.70. The van der Waals surface area contributed by atoms with E-state index in [2.05, 4.69) is 5.32 Å². The number of nitrogens with one attached hydrogen (secondary N) is 1. The molecule has 5 nitrogen and oxygen atoms in total. The van der Waals surface area contributed by atoms with E-state index in [0.717, 1.165) is 11.6 Å². The first-order valence-electron chi connectivity index (χ1n) is 9.18. The second-order valence-corrected chi connectivity index (χ2v) is 6.84. The zero-order valence-corrected chi connectivity index (χ0v) is 15.8. The summed E-state index contributed by atoms with van der Waals surface area (Å²) in [4.78, 5) is 26.9. The van der Waals surface area contributed by atoms with Gasteiger partial charge in [-0.2, -0.15) is 13.2 Å². The van der Waals surface area contributed by atoms with E-state index in [1.807, 2.05) is 12.1 Å². The zero-order chi connectivity index (χ0) is 21.0. The van der Waals surface area contributed by atoms with E-state index in [1.165, 1.54) is 18.2 Å². The molecule has 0 spiro atoms. The first kappa shape index (κ1) is 20.7. The third-order valence-electron chi connectivity index (χ3n) is 4.87. The van der Waals surface area contributed by atoms with Gasteiger partial charge in [0.2, 0.25) is 11.8 Å². The van der Waals surface area contributed by atoms with Crippen LogP contribution < -0.4 is 10.1 Å². The molecule has 0 saturated carbocycles. The predicted octanol–water partition coefficient (Wildman–Crippen LogP) is 4.09. The van der Waals surface area contributed by atoms with Crippen LogP contribution in [0.25, 0.3) is 0 Å². The second-order valence-electron chi connectivity index (χ2n) is 6.84. The lowest BCUT2D eigenvalue weighted by atomic mass is 9.95. The minimum atomic E-state index is -4.60. The number of carbonyl (C=O) groups is 2. The molecule has 0 bridgehead atoms. The van der Waals surface area contributed by atoms with Crippen molar-refractivity contribution in [1.29, 1.82) is 0 Å². The van der Waals surface area contributed by atoms with Gasteiger partial charge in [-0.15, -0.1) is 0 Å². The smallest absolute Gasteiger partial charge is 0.418 e. The lowest BCUT2D eigenvalue weighted by molar-refractivity contribution is -0.143. The first-order valence-corrected chi connectivity index (χ1v) is 9.18. The van der Waals surface area contributed by atoms with Crippen molar-refractivity contribution in [3.05, 3.63) is 59.7 Å². The zero-order valence-electron chi connectivity index (χ0n) is 15.8. The molecule has 1 heterocycles. The number of hydrogen-bond acceptors (Lipinski definition) is 3. The summed E-state index contributed by atoms with van der Waals surface area (Å²) in [7, 11) is 1.56. The van der Waals surface area contributed by atoms with Crippen LogP contribution in [0.1, 0.15) is 24.0 Å². The third-order valence-corrected chi connectivity index (χ3v) is 4.87. The van der Waals surface area contributed by atoms with Gasteiger partial charge in [0, 0.05) is 13.1 Å². The van der Waals surface area contributed by atoms with Gasteiger partial charge in [-0.05, 0) is 42.7 Å². The highest BCUT2D eigenvalue weighted by atomic mass is 19.4. The molecule has 1 N–H and O–H groups in total. The summed E-state index contributed by atoms with van der Waals surface area (Å²) in [5.41, 5.74) is -0.403. The van der Waals surface area contributed by atoms with Crippen LogP contribution in [0.3, 0.4) is 0 Å². The Kier molecular flexibility index (Phi) is 6.10. The highest BCUT2D eigenvalue weighted by Crippen LogP contribution is 2.35. The van der Waals surface area contributed by atoms with Gasteiger partial charge >= 0.3 is 6.18 Å². The Morgan fingerprint density at radius 1 is 1.17 bits per heavy atom. The minimum Gasteiger partial charge on any atom is -0.497 e. The Morgan fingerprint density at radius 2 is 1.86 bits per heavy atom. The van der Waals surface area contributed by atoms with Gasteiger partial charge in [0.1, 0.15) is 11.7 Å². The molecule has 1 unspecified atom stereocenters. The van der Waals surface area contributed by atoms with Crippen molar-refractivity contribution in [3.63, 3.8) is 0 Å². The van der Waals surface area contributed by atoms with Crippen molar-refractivity contribution >= 4 is 17.5 Å². The number of para-hydroxylation sites is 1. The molecule has 1 atom stereocenters. The molecule has 2 amide bonds. The number of hydrogen-bond donors (Lipinski definition) is 1. The van der Waals surface area contributed by atoms with Crippen molar-refractivity contribution in [3.8, 4) is 5.75 Å². The van der Waals surface area contributed by atoms with Crippen molar-refractivity contribution in [2.75, 3.05) is 19.0 Å². The quantitative estimate of drug-likeness (QED) is 0.761. The molecule has 8 heteroatoms. The number of piperidine rings is 1. The molecule has 29 heavy (non-hydrogen) atoms. The van der Waals surface area contributed by atoms with E-state index in [9.17, 15) is 22.8 Å². The maximum atomic E-state index is 13.1. The van der Waals surface area contributed by atoms with Gasteiger partial charge in [-0.25, -0.2) is 0 Å². The number of amides is 2. The number of alkyl halides is 3. The molecule has 1 aliphatic rings. The largest absolute Gasteiger partial charge is 0.497 e. The van der Waals surface area contributed by atoms with Gasteiger partial charge in [-0.3, -0.25) is 9.59 Å². The van der Waals surface area contributed by atoms with Crippen LogP contribution >= 0.6 is 0 Å². The number of rotatable bonds is 5. The Labute approximate surface area is 166 Å². The fourth-order valence-corrected chi connectivity index (χ4v) is 3.35. The summed E-state index contributed by atoms with van der Waals surface area (Å²) in [6, 6.07) is 12.0. The van der Waals surface area contributed by atoms with Crippen LogP contribution in [0.4, 0.5) is 18.9 Å². The maximum Gasteiger partial charge on any atom is 0.418 e. The number of nitrogens with zero attached hydrogens (tertiary/aromatic N) is 1. The van der Waals surface area contributed by atoms with E-state index in [0.29, 0.717) is 31.7 Å². The molecule has 0 radical (unpaired) electrons. The lowest BCUT2D eigenvalue weighted by Crippen LogP contribution is -2.45. The average Bonchev–Trinajstić information content (AvgIpc) is 2.69. The minimum absolute atomic E-state index is 0.304. The summed E-state index contributed by atoms with van der Waals surface area (Å²) in [6.07, 6.45) is -3.69. The number of likely N-dealkylation sites (tertiary alicyclic amines) is 1. The van der Waals surface area contributed by atoms with Crippen LogP contribution in [0, 0.1) is 5.92 Å².